The fourth-order valence-electron chi connectivity index (χ4n) is 2.80. The molecule has 1 rings (SSSR count). The van der Waals surface area contributed by atoms with E-state index in [1.54, 1.807) is 0 Å². The highest BCUT2D eigenvalue weighted by Crippen LogP contribution is 2.25. The van der Waals surface area contributed by atoms with E-state index in [-0.39, 0.29) is 0 Å². The number of hydrogen-bond acceptors (Lipinski definition) is 2. The van der Waals surface area contributed by atoms with Crippen LogP contribution in [0.1, 0.15) is 25.7 Å². The number of nitrogens with zero attached hydrogens (tertiary/aromatic N) is 2. The average Bonchev–Trinajstić information content (AvgIpc) is 2.30. The van der Waals surface area contributed by atoms with Crippen molar-refractivity contribution in [1.82, 2.24) is 9.80 Å². The monoisotopic (exact) mass is 222 g/mol. The zero-order chi connectivity index (χ0) is 12.0. The van der Waals surface area contributed by atoms with Crippen molar-refractivity contribution in [2.45, 2.75) is 37.8 Å². The number of likely N-dealkylation sites (N-methyl/N-ethyl adjacent to an activating group) is 2. The summed E-state index contributed by atoms with van der Waals surface area (Å²) in [5.74, 6) is 0. The van der Waals surface area contributed by atoms with Gasteiger partial charge in [0.15, 0.2) is 0 Å². The van der Waals surface area contributed by atoms with Crippen molar-refractivity contribution in [2.24, 2.45) is 0 Å². The topological polar surface area (TPSA) is 6.48 Å². The third kappa shape index (κ3) is 3.46. The van der Waals surface area contributed by atoms with E-state index >= 15 is 0 Å². The summed E-state index contributed by atoms with van der Waals surface area (Å²) in [4.78, 5) is 4.88. The quantitative estimate of drug-likeness (QED) is 0.637. The van der Waals surface area contributed by atoms with Crippen LogP contribution in [0.3, 0.4) is 0 Å². The van der Waals surface area contributed by atoms with Crippen LogP contribution in [-0.4, -0.2) is 49.1 Å². The summed E-state index contributed by atoms with van der Waals surface area (Å²) in [7, 11) is 4.43. The highest BCUT2D eigenvalue weighted by atomic mass is 15.2. The van der Waals surface area contributed by atoms with Gasteiger partial charge in [0.05, 0.1) is 0 Å². The summed E-state index contributed by atoms with van der Waals surface area (Å²) < 4.78 is 0. The minimum atomic E-state index is 0.677. The Morgan fingerprint density at radius 3 is 1.62 bits per heavy atom. The van der Waals surface area contributed by atoms with Gasteiger partial charge in [-0.25, -0.2) is 0 Å². The van der Waals surface area contributed by atoms with Gasteiger partial charge in [0.2, 0.25) is 0 Å². The lowest BCUT2D eigenvalue weighted by atomic mass is 9.88. The molecule has 0 aliphatic heterocycles. The molecule has 92 valence electrons. The molecule has 0 radical (unpaired) electrons. The summed E-state index contributed by atoms with van der Waals surface area (Å²) in [5.41, 5.74) is 0. The molecule has 0 bridgehead atoms. The molecule has 0 heterocycles. The lowest BCUT2D eigenvalue weighted by molar-refractivity contribution is 0.0917. The van der Waals surface area contributed by atoms with Gasteiger partial charge >= 0.3 is 0 Å². The van der Waals surface area contributed by atoms with Gasteiger partial charge in [0, 0.05) is 25.2 Å². The van der Waals surface area contributed by atoms with Gasteiger partial charge in [0.1, 0.15) is 0 Å². The van der Waals surface area contributed by atoms with Crippen molar-refractivity contribution in [3.05, 3.63) is 25.3 Å². The SMILES string of the molecule is C=CCN(C)C1CCCCC1N(C)CC=C. The Balaban J connectivity index is 2.62. The molecule has 0 aromatic rings. The maximum atomic E-state index is 3.83. The molecule has 0 spiro atoms. The minimum Gasteiger partial charge on any atom is -0.298 e. The first-order valence-corrected chi connectivity index (χ1v) is 6.33. The van der Waals surface area contributed by atoms with E-state index in [9.17, 15) is 0 Å². The van der Waals surface area contributed by atoms with Crippen LogP contribution in [0.5, 0.6) is 0 Å². The van der Waals surface area contributed by atoms with Gasteiger partial charge in [-0.2, -0.15) is 0 Å². The van der Waals surface area contributed by atoms with Crippen molar-refractivity contribution in [1.29, 1.82) is 0 Å². The van der Waals surface area contributed by atoms with E-state index in [2.05, 4.69) is 37.1 Å². The predicted molar refractivity (Wildman–Crippen MR) is 71.7 cm³/mol. The van der Waals surface area contributed by atoms with Gasteiger partial charge in [0.25, 0.3) is 0 Å². The molecule has 0 amide bonds. The van der Waals surface area contributed by atoms with Crippen LogP contribution in [0, 0.1) is 0 Å². The van der Waals surface area contributed by atoms with Crippen molar-refractivity contribution in [3.8, 4) is 0 Å². The molecule has 1 fully saturated rings. The fourth-order valence-corrected chi connectivity index (χ4v) is 2.80. The second-order valence-corrected chi connectivity index (χ2v) is 4.88. The Morgan fingerprint density at radius 1 is 0.938 bits per heavy atom. The molecule has 0 aromatic heterocycles. The summed E-state index contributed by atoms with van der Waals surface area (Å²) in [6, 6.07) is 1.36. The molecule has 2 nitrogen and oxygen atoms in total. The summed E-state index contributed by atoms with van der Waals surface area (Å²) in [6.07, 6.45) is 9.36. The van der Waals surface area contributed by atoms with E-state index in [1.165, 1.54) is 25.7 Å². The number of rotatable bonds is 6. The lowest BCUT2D eigenvalue weighted by Crippen LogP contribution is -2.51. The molecule has 0 saturated heterocycles. The Hall–Kier alpha value is -0.600. The van der Waals surface area contributed by atoms with E-state index in [0.717, 1.165) is 13.1 Å². The first-order chi connectivity index (χ1) is 7.70. The largest absolute Gasteiger partial charge is 0.298 e. The zero-order valence-electron chi connectivity index (χ0n) is 10.9. The van der Waals surface area contributed by atoms with Crippen LogP contribution in [0.4, 0.5) is 0 Å². The van der Waals surface area contributed by atoms with Crippen LogP contribution >= 0.6 is 0 Å². The highest BCUT2D eigenvalue weighted by Gasteiger charge is 2.29. The molecular weight excluding hydrogens is 196 g/mol. The van der Waals surface area contributed by atoms with Gasteiger partial charge < -0.3 is 0 Å². The molecule has 2 heteroatoms. The van der Waals surface area contributed by atoms with Crippen molar-refractivity contribution in [2.75, 3.05) is 27.2 Å². The second-order valence-electron chi connectivity index (χ2n) is 4.88. The minimum absolute atomic E-state index is 0.677. The fraction of sp³-hybridized carbons (Fsp3) is 0.714. The molecule has 1 saturated carbocycles. The van der Waals surface area contributed by atoms with E-state index in [4.69, 9.17) is 0 Å². The van der Waals surface area contributed by atoms with E-state index in [0.29, 0.717) is 12.1 Å². The van der Waals surface area contributed by atoms with Crippen LogP contribution in [0.2, 0.25) is 0 Å². The Morgan fingerprint density at radius 2 is 1.31 bits per heavy atom. The summed E-state index contributed by atoms with van der Waals surface area (Å²) in [6.45, 7) is 9.64. The molecule has 0 N–H and O–H groups in total. The standard InChI is InChI=1S/C14H26N2/c1-5-11-15(3)13-9-7-8-10-14(13)16(4)12-6-2/h5-6,13-14H,1-2,7-12H2,3-4H3. The van der Waals surface area contributed by atoms with Crippen LogP contribution < -0.4 is 0 Å². The van der Waals surface area contributed by atoms with Gasteiger partial charge in [-0.3, -0.25) is 9.80 Å². The Labute approximate surface area is 101 Å². The van der Waals surface area contributed by atoms with E-state index < -0.39 is 0 Å². The van der Waals surface area contributed by atoms with Gasteiger partial charge in [-0.1, -0.05) is 25.0 Å². The Bertz CT molecular complexity index is 201. The van der Waals surface area contributed by atoms with Crippen LogP contribution in [0.15, 0.2) is 25.3 Å². The second kappa shape index (κ2) is 6.87. The summed E-state index contributed by atoms with van der Waals surface area (Å²) >= 11 is 0. The maximum absolute atomic E-state index is 3.83. The average molecular weight is 222 g/mol. The van der Waals surface area contributed by atoms with Crippen LogP contribution in [-0.2, 0) is 0 Å². The molecule has 1 aliphatic rings. The molecule has 2 unspecified atom stereocenters. The van der Waals surface area contributed by atoms with Crippen LogP contribution in [0.25, 0.3) is 0 Å². The molecule has 1 aliphatic carbocycles. The smallest absolute Gasteiger partial charge is 0.0251 e. The first-order valence-electron chi connectivity index (χ1n) is 6.33. The molecule has 0 aromatic carbocycles. The molecule has 2 atom stereocenters. The van der Waals surface area contributed by atoms with Gasteiger partial charge in [-0.15, -0.1) is 13.2 Å². The molecular formula is C14H26N2. The lowest BCUT2D eigenvalue weighted by Gasteiger charge is -2.42. The third-order valence-corrected chi connectivity index (χ3v) is 3.66. The van der Waals surface area contributed by atoms with Crippen molar-refractivity contribution >= 4 is 0 Å². The van der Waals surface area contributed by atoms with Gasteiger partial charge in [-0.05, 0) is 26.9 Å². The number of hydrogen-bond donors (Lipinski definition) is 0. The predicted octanol–water partition coefficient (Wildman–Crippen LogP) is 2.53. The Kier molecular flexibility index (Phi) is 5.78. The normalized spacial score (nSPS) is 26.0. The van der Waals surface area contributed by atoms with E-state index in [1.807, 2.05) is 12.2 Å². The maximum Gasteiger partial charge on any atom is 0.0251 e. The first kappa shape index (κ1) is 13.5. The third-order valence-electron chi connectivity index (χ3n) is 3.66. The molecule has 16 heavy (non-hydrogen) atoms. The summed E-state index contributed by atoms with van der Waals surface area (Å²) in [5, 5.41) is 0. The van der Waals surface area contributed by atoms with Crippen molar-refractivity contribution < 1.29 is 0 Å². The zero-order valence-corrected chi connectivity index (χ0v) is 10.9. The highest BCUT2D eigenvalue weighted by molar-refractivity contribution is 4.91. The van der Waals surface area contributed by atoms with Crippen molar-refractivity contribution in [3.63, 3.8) is 0 Å².